The van der Waals surface area contributed by atoms with Gasteiger partial charge in [-0.25, -0.2) is 0 Å². The first kappa shape index (κ1) is 15.2. The minimum absolute atomic E-state index is 0.104. The van der Waals surface area contributed by atoms with E-state index in [1.54, 1.807) is 12.1 Å². The fourth-order valence-electron chi connectivity index (χ4n) is 2.73. The number of pyridine rings is 1. The van der Waals surface area contributed by atoms with Crippen LogP contribution in [0.4, 0.5) is 0 Å². The normalized spacial score (nSPS) is 11.1. The Hall–Kier alpha value is -2.70. The summed E-state index contributed by atoms with van der Waals surface area (Å²) in [5, 5.41) is 15.4. The maximum Gasteiger partial charge on any atom is 0.251 e. The Balaban J connectivity index is 1.66. The molecule has 23 heavy (non-hydrogen) atoms. The molecule has 0 fully saturated rings. The van der Waals surface area contributed by atoms with Crippen molar-refractivity contribution in [2.75, 3.05) is 6.54 Å². The van der Waals surface area contributed by atoms with Crippen LogP contribution in [-0.2, 0) is 13.5 Å². The molecule has 1 amide bonds. The molecule has 0 unspecified atom stereocenters. The van der Waals surface area contributed by atoms with Gasteiger partial charge >= 0.3 is 0 Å². The molecular formula is C16H20N6O. The summed E-state index contributed by atoms with van der Waals surface area (Å²) in [6.45, 7) is 6.48. The number of nitrogens with zero attached hydrogens (tertiary/aromatic N) is 5. The van der Waals surface area contributed by atoms with E-state index in [4.69, 9.17) is 0 Å². The van der Waals surface area contributed by atoms with Crippen LogP contribution in [0.5, 0.6) is 0 Å². The van der Waals surface area contributed by atoms with Gasteiger partial charge in [0, 0.05) is 31.0 Å². The lowest BCUT2D eigenvalue weighted by atomic mass is 10.1. The Labute approximate surface area is 134 Å². The first-order valence-corrected chi connectivity index (χ1v) is 7.56. The first-order chi connectivity index (χ1) is 11.0. The highest BCUT2D eigenvalue weighted by Crippen LogP contribution is 2.12. The summed E-state index contributed by atoms with van der Waals surface area (Å²) in [7, 11) is 1.93. The van der Waals surface area contributed by atoms with Crippen molar-refractivity contribution in [2.24, 2.45) is 7.05 Å². The van der Waals surface area contributed by atoms with E-state index in [0.717, 1.165) is 23.6 Å². The average Bonchev–Trinajstić information content (AvgIpc) is 3.01. The van der Waals surface area contributed by atoms with Gasteiger partial charge in [-0.3, -0.25) is 13.9 Å². The second-order valence-electron chi connectivity index (χ2n) is 5.67. The molecule has 3 aromatic rings. The van der Waals surface area contributed by atoms with Gasteiger partial charge in [0.1, 0.15) is 5.82 Å². The van der Waals surface area contributed by atoms with E-state index >= 15 is 0 Å². The number of rotatable bonds is 4. The summed E-state index contributed by atoms with van der Waals surface area (Å²) < 4.78 is 3.72. The fourth-order valence-corrected chi connectivity index (χ4v) is 2.73. The number of carbonyl (C=O) groups is 1. The van der Waals surface area contributed by atoms with Crippen LogP contribution in [0.15, 0.2) is 18.3 Å². The minimum atomic E-state index is -0.104. The third kappa shape index (κ3) is 2.81. The molecule has 120 valence electrons. The van der Waals surface area contributed by atoms with Gasteiger partial charge < -0.3 is 5.32 Å². The largest absolute Gasteiger partial charge is 0.352 e. The van der Waals surface area contributed by atoms with E-state index in [-0.39, 0.29) is 5.91 Å². The van der Waals surface area contributed by atoms with Crippen LogP contribution in [-0.4, -0.2) is 36.8 Å². The van der Waals surface area contributed by atoms with Crippen molar-refractivity contribution in [2.45, 2.75) is 27.2 Å². The van der Waals surface area contributed by atoms with Gasteiger partial charge in [0.05, 0.1) is 5.69 Å². The monoisotopic (exact) mass is 312 g/mol. The van der Waals surface area contributed by atoms with Gasteiger partial charge in [0.15, 0.2) is 5.65 Å². The van der Waals surface area contributed by atoms with Crippen LogP contribution in [0.1, 0.15) is 33.1 Å². The lowest BCUT2D eigenvalue weighted by molar-refractivity contribution is 0.0954. The SMILES string of the molecule is Cc1nn(C)c(C)c1CCNC(=O)c1ccn2c(C)nnc2c1. The topological polar surface area (TPSA) is 77.1 Å². The first-order valence-electron chi connectivity index (χ1n) is 7.56. The smallest absolute Gasteiger partial charge is 0.251 e. The van der Waals surface area contributed by atoms with Crippen molar-refractivity contribution in [1.82, 2.24) is 29.7 Å². The van der Waals surface area contributed by atoms with E-state index in [1.807, 2.05) is 43.1 Å². The van der Waals surface area contributed by atoms with Crippen molar-refractivity contribution >= 4 is 11.6 Å². The zero-order valence-electron chi connectivity index (χ0n) is 13.8. The molecule has 0 saturated heterocycles. The lowest BCUT2D eigenvalue weighted by Crippen LogP contribution is -2.26. The van der Waals surface area contributed by atoms with E-state index < -0.39 is 0 Å². The molecule has 1 N–H and O–H groups in total. The van der Waals surface area contributed by atoms with Crippen molar-refractivity contribution in [1.29, 1.82) is 0 Å². The molecule has 0 aliphatic heterocycles. The molecular weight excluding hydrogens is 292 g/mol. The van der Waals surface area contributed by atoms with Crippen LogP contribution in [0, 0.1) is 20.8 Å². The predicted octanol–water partition coefficient (Wildman–Crippen LogP) is 1.36. The number of hydrogen-bond donors (Lipinski definition) is 1. The highest BCUT2D eigenvalue weighted by molar-refractivity contribution is 5.95. The van der Waals surface area contributed by atoms with Crippen molar-refractivity contribution in [3.63, 3.8) is 0 Å². The molecule has 0 radical (unpaired) electrons. The number of fused-ring (bicyclic) bond motifs is 1. The zero-order chi connectivity index (χ0) is 16.6. The number of amides is 1. The van der Waals surface area contributed by atoms with E-state index in [0.29, 0.717) is 17.8 Å². The van der Waals surface area contributed by atoms with Gasteiger partial charge in [-0.1, -0.05) is 0 Å². The van der Waals surface area contributed by atoms with Crippen LogP contribution < -0.4 is 5.32 Å². The minimum Gasteiger partial charge on any atom is -0.352 e. The molecule has 0 spiro atoms. The Morgan fingerprint density at radius 2 is 2.04 bits per heavy atom. The molecule has 3 rings (SSSR count). The molecule has 3 heterocycles. The predicted molar refractivity (Wildman–Crippen MR) is 86.4 cm³/mol. The third-order valence-electron chi connectivity index (χ3n) is 4.16. The summed E-state index contributed by atoms with van der Waals surface area (Å²) in [5.41, 5.74) is 4.60. The maximum absolute atomic E-state index is 12.3. The maximum atomic E-state index is 12.3. The molecule has 0 saturated carbocycles. The number of nitrogens with one attached hydrogen (secondary N) is 1. The van der Waals surface area contributed by atoms with Crippen LogP contribution in [0.3, 0.4) is 0 Å². The van der Waals surface area contributed by atoms with E-state index in [2.05, 4.69) is 20.6 Å². The molecule has 7 heteroatoms. The van der Waals surface area contributed by atoms with Gasteiger partial charge in [0.25, 0.3) is 5.91 Å². The van der Waals surface area contributed by atoms with Gasteiger partial charge in [-0.15, -0.1) is 10.2 Å². The van der Waals surface area contributed by atoms with Crippen molar-refractivity contribution in [3.05, 3.63) is 46.7 Å². The summed E-state index contributed by atoms with van der Waals surface area (Å²) in [5.74, 6) is 0.696. The molecule has 0 atom stereocenters. The van der Waals surface area contributed by atoms with Crippen LogP contribution in [0.2, 0.25) is 0 Å². The Morgan fingerprint density at radius 1 is 1.26 bits per heavy atom. The number of aryl methyl sites for hydroxylation is 3. The highest BCUT2D eigenvalue weighted by atomic mass is 16.1. The average molecular weight is 312 g/mol. The quantitative estimate of drug-likeness (QED) is 0.789. The number of carbonyl (C=O) groups excluding carboxylic acids is 1. The van der Waals surface area contributed by atoms with Gasteiger partial charge in [-0.2, -0.15) is 5.10 Å². The summed E-state index contributed by atoms with van der Waals surface area (Å²) in [4.78, 5) is 12.3. The van der Waals surface area contributed by atoms with Crippen molar-refractivity contribution < 1.29 is 4.79 Å². The molecule has 0 aliphatic rings. The van der Waals surface area contributed by atoms with Gasteiger partial charge in [0.2, 0.25) is 0 Å². The molecule has 0 aliphatic carbocycles. The molecule has 0 bridgehead atoms. The summed E-state index contributed by atoms with van der Waals surface area (Å²) in [6, 6.07) is 3.52. The highest BCUT2D eigenvalue weighted by Gasteiger charge is 2.11. The molecule has 3 aromatic heterocycles. The van der Waals surface area contributed by atoms with Gasteiger partial charge in [-0.05, 0) is 44.9 Å². The molecule has 7 nitrogen and oxygen atoms in total. The second-order valence-corrected chi connectivity index (χ2v) is 5.67. The Bertz CT molecular complexity index is 876. The Kier molecular flexibility index (Phi) is 3.85. The third-order valence-corrected chi connectivity index (χ3v) is 4.16. The molecule has 0 aromatic carbocycles. The zero-order valence-corrected chi connectivity index (χ0v) is 13.8. The van der Waals surface area contributed by atoms with Crippen LogP contribution >= 0.6 is 0 Å². The Morgan fingerprint density at radius 3 is 2.74 bits per heavy atom. The second kappa shape index (κ2) is 5.83. The van der Waals surface area contributed by atoms with Crippen molar-refractivity contribution in [3.8, 4) is 0 Å². The lowest BCUT2D eigenvalue weighted by Gasteiger charge is -2.06. The number of hydrogen-bond acceptors (Lipinski definition) is 4. The summed E-state index contributed by atoms with van der Waals surface area (Å²) in [6.07, 6.45) is 2.58. The van der Waals surface area contributed by atoms with Crippen LogP contribution in [0.25, 0.3) is 5.65 Å². The standard InChI is InChI=1S/C16H20N6O/c1-10-14(11(2)21(4)20-10)5-7-17-16(23)13-6-8-22-12(3)18-19-15(22)9-13/h6,8-9H,5,7H2,1-4H3,(H,17,23). The van der Waals surface area contributed by atoms with E-state index in [1.165, 1.54) is 5.56 Å². The van der Waals surface area contributed by atoms with E-state index in [9.17, 15) is 4.79 Å². The number of aromatic nitrogens is 5. The fraction of sp³-hybridized carbons (Fsp3) is 0.375. The summed E-state index contributed by atoms with van der Waals surface area (Å²) >= 11 is 0.